The lowest BCUT2D eigenvalue weighted by atomic mass is 10.2. The number of esters is 1. The van der Waals surface area contributed by atoms with E-state index in [1.807, 2.05) is 30.3 Å². The zero-order valence-electron chi connectivity index (χ0n) is 11.6. The number of rotatable bonds is 3. The molecule has 0 N–H and O–H groups in total. The van der Waals surface area contributed by atoms with Crippen LogP contribution >= 0.6 is 11.6 Å². The predicted molar refractivity (Wildman–Crippen MR) is 85.2 cm³/mol. The Kier molecular flexibility index (Phi) is 3.91. The van der Waals surface area contributed by atoms with Crippen molar-refractivity contribution in [2.75, 3.05) is 0 Å². The van der Waals surface area contributed by atoms with E-state index in [2.05, 4.69) is 4.99 Å². The maximum Gasteiger partial charge on any atom is 0.363 e. The summed E-state index contributed by atoms with van der Waals surface area (Å²) in [6.07, 6.45) is 1.57. The van der Waals surface area contributed by atoms with E-state index in [4.69, 9.17) is 16.3 Å². The Hall–Kier alpha value is -2.99. The highest BCUT2D eigenvalue weighted by molar-refractivity contribution is 6.34. The van der Waals surface area contributed by atoms with Crippen molar-refractivity contribution in [3.8, 4) is 0 Å². The second kappa shape index (κ2) is 6.02. The molecule has 0 amide bonds. The minimum Gasteiger partial charge on any atom is -0.402 e. The fraction of sp³-hybridized carbons (Fsp3) is 0. The van der Waals surface area contributed by atoms with Gasteiger partial charge in [0.05, 0.1) is 15.5 Å². The molecule has 0 spiro atoms. The Bertz CT molecular complexity index is 860. The number of nitro benzene ring substituents is 1. The van der Waals surface area contributed by atoms with E-state index >= 15 is 0 Å². The molecule has 0 aromatic heterocycles. The molecular weight excluding hydrogens is 320 g/mol. The summed E-state index contributed by atoms with van der Waals surface area (Å²) in [6, 6.07) is 13.0. The van der Waals surface area contributed by atoms with Crippen LogP contribution in [0.1, 0.15) is 11.1 Å². The number of hydrogen-bond donors (Lipinski definition) is 0. The van der Waals surface area contributed by atoms with Crippen LogP contribution in [-0.2, 0) is 9.53 Å². The predicted octanol–water partition coefficient (Wildman–Crippen LogP) is 3.59. The highest BCUT2D eigenvalue weighted by atomic mass is 35.5. The third kappa shape index (κ3) is 3.12. The first-order valence-electron chi connectivity index (χ1n) is 6.56. The summed E-state index contributed by atoms with van der Waals surface area (Å²) in [4.78, 5) is 26.3. The van der Waals surface area contributed by atoms with Crippen LogP contribution in [0.5, 0.6) is 0 Å². The lowest BCUT2D eigenvalue weighted by Crippen LogP contribution is -2.06. The Balaban J connectivity index is 2.00. The summed E-state index contributed by atoms with van der Waals surface area (Å²) in [5, 5.41) is 11.1. The largest absolute Gasteiger partial charge is 0.402 e. The van der Waals surface area contributed by atoms with Crippen molar-refractivity contribution in [3.63, 3.8) is 0 Å². The smallest absolute Gasteiger partial charge is 0.363 e. The second-order valence-corrected chi connectivity index (χ2v) is 5.08. The molecule has 3 rings (SSSR count). The highest BCUT2D eigenvalue weighted by Crippen LogP contribution is 2.27. The highest BCUT2D eigenvalue weighted by Gasteiger charge is 2.26. The van der Waals surface area contributed by atoms with E-state index in [-0.39, 0.29) is 27.9 Å². The van der Waals surface area contributed by atoms with Crippen LogP contribution in [0.15, 0.2) is 59.2 Å². The maximum atomic E-state index is 11.9. The van der Waals surface area contributed by atoms with Crippen LogP contribution in [0.4, 0.5) is 5.69 Å². The number of carbonyl (C=O) groups is 1. The normalized spacial score (nSPS) is 15.4. The Morgan fingerprint density at radius 2 is 1.91 bits per heavy atom. The number of nitro groups is 1. The molecule has 7 heteroatoms. The van der Waals surface area contributed by atoms with Crippen LogP contribution in [0.3, 0.4) is 0 Å². The molecule has 0 aliphatic carbocycles. The first-order valence-corrected chi connectivity index (χ1v) is 6.94. The molecule has 0 fully saturated rings. The lowest BCUT2D eigenvalue weighted by Gasteiger charge is -2.02. The van der Waals surface area contributed by atoms with Crippen molar-refractivity contribution in [1.29, 1.82) is 0 Å². The molecule has 0 bridgehead atoms. The average molecular weight is 329 g/mol. The number of carbonyl (C=O) groups excluding carboxylic acids is 1. The molecule has 23 heavy (non-hydrogen) atoms. The van der Waals surface area contributed by atoms with Gasteiger partial charge in [0, 0.05) is 12.1 Å². The molecule has 0 saturated heterocycles. The molecule has 2 aromatic carbocycles. The van der Waals surface area contributed by atoms with Crippen molar-refractivity contribution < 1.29 is 14.5 Å². The summed E-state index contributed by atoms with van der Waals surface area (Å²) in [5.74, 6) is -0.683. The van der Waals surface area contributed by atoms with Crippen molar-refractivity contribution >= 4 is 35.2 Å². The van der Waals surface area contributed by atoms with Gasteiger partial charge in [-0.2, -0.15) is 0 Å². The lowest BCUT2D eigenvalue weighted by molar-refractivity contribution is -0.384. The van der Waals surface area contributed by atoms with E-state index in [1.165, 1.54) is 18.2 Å². The standard InChI is InChI=1S/C16H9ClN2O4/c17-13-7-6-11(19(21)22)9-12(13)15-18-14(16(20)23-15)8-10-4-2-1-3-5-10/h1-9H/b14-8+. The van der Waals surface area contributed by atoms with Gasteiger partial charge in [-0.05, 0) is 17.7 Å². The van der Waals surface area contributed by atoms with Gasteiger partial charge in [0.15, 0.2) is 5.70 Å². The SMILES string of the molecule is O=C1OC(c2cc([N+](=O)[O-])ccc2Cl)=N/C1=C/c1ccccc1. The molecule has 0 radical (unpaired) electrons. The summed E-state index contributed by atoms with van der Waals surface area (Å²) in [6.45, 7) is 0. The first-order chi connectivity index (χ1) is 11.0. The zero-order chi connectivity index (χ0) is 16.4. The Labute approximate surface area is 135 Å². The maximum absolute atomic E-state index is 11.9. The van der Waals surface area contributed by atoms with Gasteiger partial charge in [0.2, 0.25) is 5.90 Å². The van der Waals surface area contributed by atoms with Crippen molar-refractivity contribution in [3.05, 3.63) is 80.5 Å². The second-order valence-electron chi connectivity index (χ2n) is 4.67. The van der Waals surface area contributed by atoms with Gasteiger partial charge in [0.1, 0.15) is 0 Å². The quantitative estimate of drug-likeness (QED) is 0.373. The Morgan fingerprint density at radius 3 is 2.61 bits per heavy atom. The van der Waals surface area contributed by atoms with E-state index < -0.39 is 10.9 Å². The summed E-state index contributed by atoms with van der Waals surface area (Å²) in [5.41, 5.74) is 0.928. The van der Waals surface area contributed by atoms with Crippen LogP contribution in [0.25, 0.3) is 6.08 Å². The van der Waals surface area contributed by atoms with Crippen LogP contribution in [0.2, 0.25) is 5.02 Å². The third-order valence-corrected chi connectivity index (χ3v) is 3.44. The number of benzene rings is 2. The van der Waals surface area contributed by atoms with Gasteiger partial charge < -0.3 is 4.74 Å². The van der Waals surface area contributed by atoms with Gasteiger partial charge in [-0.15, -0.1) is 0 Å². The van der Waals surface area contributed by atoms with Gasteiger partial charge in [0.25, 0.3) is 5.69 Å². The van der Waals surface area contributed by atoms with E-state index in [1.54, 1.807) is 6.08 Å². The van der Waals surface area contributed by atoms with Gasteiger partial charge in [-0.3, -0.25) is 10.1 Å². The molecule has 2 aromatic rings. The number of nitrogens with zero attached hydrogens (tertiary/aromatic N) is 2. The minimum atomic E-state index is -0.633. The van der Waals surface area contributed by atoms with Crippen molar-refractivity contribution in [2.24, 2.45) is 4.99 Å². The summed E-state index contributed by atoms with van der Waals surface area (Å²) < 4.78 is 5.08. The third-order valence-electron chi connectivity index (χ3n) is 3.11. The average Bonchev–Trinajstić information content (AvgIpc) is 2.89. The number of cyclic esters (lactones) is 1. The van der Waals surface area contributed by atoms with Crippen molar-refractivity contribution in [1.82, 2.24) is 0 Å². The molecule has 0 atom stereocenters. The molecule has 6 nitrogen and oxygen atoms in total. The molecule has 1 heterocycles. The van der Waals surface area contributed by atoms with E-state index in [0.717, 1.165) is 5.56 Å². The fourth-order valence-electron chi connectivity index (χ4n) is 2.02. The number of non-ortho nitro benzene ring substituents is 1. The van der Waals surface area contributed by atoms with E-state index in [9.17, 15) is 14.9 Å². The van der Waals surface area contributed by atoms with Crippen LogP contribution in [0, 0.1) is 10.1 Å². The van der Waals surface area contributed by atoms with Gasteiger partial charge in [-0.25, -0.2) is 9.79 Å². The van der Waals surface area contributed by atoms with E-state index in [0.29, 0.717) is 0 Å². The topological polar surface area (TPSA) is 81.8 Å². The fourth-order valence-corrected chi connectivity index (χ4v) is 2.22. The zero-order valence-corrected chi connectivity index (χ0v) is 12.4. The molecule has 1 aliphatic rings. The summed E-state index contributed by atoms with van der Waals surface area (Å²) in [7, 11) is 0. The molecule has 0 unspecified atom stereocenters. The molecule has 114 valence electrons. The van der Waals surface area contributed by atoms with Crippen LogP contribution < -0.4 is 0 Å². The molecular formula is C16H9ClN2O4. The minimum absolute atomic E-state index is 0.0501. The van der Waals surface area contributed by atoms with Gasteiger partial charge in [-0.1, -0.05) is 41.9 Å². The number of hydrogen-bond acceptors (Lipinski definition) is 5. The number of aliphatic imine (C=N–C) groups is 1. The summed E-state index contributed by atoms with van der Waals surface area (Å²) >= 11 is 6.02. The number of ether oxygens (including phenoxy) is 1. The van der Waals surface area contributed by atoms with Crippen LogP contribution in [-0.4, -0.2) is 16.8 Å². The van der Waals surface area contributed by atoms with Gasteiger partial charge >= 0.3 is 5.97 Å². The molecule has 1 aliphatic heterocycles. The van der Waals surface area contributed by atoms with Crippen molar-refractivity contribution in [2.45, 2.75) is 0 Å². The Morgan fingerprint density at radius 1 is 1.17 bits per heavy atom. The first kappa shape index (κ1) is 14.9. The monoisotopic (exact) mass is 328 g/mol. The number of halogens is 1. The molecule has 0 saturated carbocycles.